The first-order chi connectivity index (χ1) is 13.1. The van der Waals surface area contributed by atoms with E-state index in [2.05, 4.69) is 0 Å². The van der Waals surface area contributed by atoms with Crippen LogP contribution in [0.1, 0.15) is 37.7 Å². The van der Waals surface area contributed by atoms with Gasteiger partial charge in [0.25, 0.3) is 0 Å². The van der Waals surface area contributed by atoms with E-state index in [4.69, 9.17) is 18.9 Å². The van der Waals surface area contributed by atoms with Crippen LogP contribution in [-0.2, 0) is 16.0 Å². The molecule has 1 aliphatic heterocycles. The van der Waals surface area contributed by atoms with Crippen LogP contribution in [0.25, 0.3) is 0 Å². The second kappa shape index (κ2) is 8.38. The summed E-state index contributed by atoms with van der Waals surface area (Å²) >= 11 is 0. The first kappa shape index (κ1) is 19.8. The summed E-state index contributed by atoms with van der Waals surface area (Å²) in [4.78, 5) is 15.0. The molecule has 2 aliphatic rings. The lowest BCUT2D eigenvalue weighted by Gasteiger charge is -2.43. The Morgan fingerprint density at radius 2 is 1.74 bits per heavy atom. The van der Waals surface area contributed by atoms with Crippen molar-refractivity contribution in [1.29, 1.82) is 0 Å². The van der Waals surface area contributed by atoms with Gasteiger partial charge in [-0.2, -0.15) is 0 Å². The molecule has 2 fully saturated rings. The molecule has 0 N–H and O–H groups in total. The number of rotatable bonds is 6. The van der Waals surface area contributed by atoms with E-state index < -0.39 is 0 Å². The van der Waals surface area contributed by atoms with Crippen molar-refractivity contribution < 1.29 is 23.7 Å². The molecule has 0 unspecified atom stereocenters. The maximum Gasteiger partial charge on any atom is 0.227 e. The average molecular weight is 377 g/mol. The third kappa shape index (κ3) is 3.86. The third-order valence-corrected chi connectivity index (χ3v) is 6.15. The monoisotopic (exact) mass is 377 g/mol. The zero-order chi connectivity index (χ0) is 19.4. The molecule has 1 aromatic carbocycles. The van der Waals surface area contributed by atoms with Gasteiger partial charge in [0.15, 0.2) is 11.5 Å². The highest BCUT2D eigenvalue weighted by atomic mass is 16.5. The molecule has 1 saturated carbocycles. The quantitative estimate of drug-likeness (QED) is 0.763. The van der Waals surface area contributed by atoms with Crippen molar-refractivity contribution in [2.45, 2.75) is 44.6 Å². The summed E-state index contributed by atoms with van der Waals surface area (Å²) in [6.07, 6.45) is 6.23. The summed E-state index contributed by atoms with van der Waals surface area (Å²) in [6, 6.07) is 3.71. The van der Waals surface area contributed by atoms with Crippen molar-refractivity contribution in [3.63, 3.8) is 0 Å². The minimum absolute atomic E-state index is 0.137. The lowest BCUT2D eigenvalue weighted by atomic mass is 9.76. The Hall–Kier alpha value is -1.95. The SMILES string of the molecule is COc1cc(CC(=O)N2CCC[C@]3(CCC[C@H]3OC)C2)cc(OC)c1OC. The highest BCUT2D eigenvalue weighted by Gasteiger charge is 2.46. The molecular formula is C21H31NO5. The number of benzene rings is 1. The Labute approximate surface area is 161 Å². The normalized spacial score (nSPS) is 24.9. The summed E-state index contributed by atoms with van der Waals surface area (Å²) in [6.45, 7) is 1.62. The Bertz CT molecular complexity index is 652. The van der Waals surface area contributed by atoms with Gasteiger partial charge in [0.1, 0.15) is 0 Å². The second-order valence-electron chi connectivity index (χ2n) is 7.61. The number of likely N-dealkylation sites (tertiary alicyclic amines) is 1. The Kier molecular flexibility index (Phi) is 6.15. The van der Waals surface area contributed by atoms with Crippen LogP contribution < -0.4 is 14.2 Å². The maximum absolute atomic E-state index is 13.0. The van der Waals surface area contributed by atoms with Crippen LogP contribution in [0.4, 0.5) is 0 Å². The summed E-state index contributed by atoms with van der Waals surface area (Å²) in [5.74, 6) is 1.84. The van der Waals surface area contributed by atoms with Gasteiger partial charge in [0, 0.05) is 25.6 Å². The number of hydrogen-bond acceptors (Lipinski definition) is 5. The summed E-state index contributed by atoms with van der Waals surface area (Å²) in [7, 11) is 6.55. The molecule has 2 atom stereocenters. The molecule has 1 heterocycles. The van der Waals surface area contributed by atoms with E-state index >= 15 is 0 Å². The molecule has 1 spiro atoms. The molecule has 1 saturated heterocycles. The van der Waals surface area contributed by atoms with E-state index in [0.29, 0.717) is 23.7 Å². The van der Waals surface area contributed by atoms with Gasteiger partial charge < -0.3 is 23.8 Å². The number of ether oxygens (including phenoxy) is 4. The standard InChI is InChI=1S/C21H31NO5/c1-24-16-11-15(12-17(25-2)20(16)27-4)13-19(23)22-10-6-9-21(14-22)8-5-7-18(21)26-3/h11-12,18H,5-10,13-14H2,1-4H3/t18-,21-/m1/s1. The minimum atomic E-state index is 0.137. The summed E-state index contributed by atoms with van der Waals surface area (Å²) in [5.41, 5.74) is 1.00. The van der Waals surface area contributed by atoms with Crippen LogP contribution in [0.3, 0.4) is 0 Å². The zero-order valence-corrected chi connectivity index (χ0v) is 16.9. The van der Waals surface area contributed by atoms with Crippen molar-refractivity contribution in [3.8, 4) is 17.2 Å². The molecule has 1 aromatic rings. The van der Waals surface area contributed by atoms with E-state index in [1.807, 2.05) is 17.0 Å². The van der Waals surface area contributed by atoms with E-state index in [-0.39, 0.29) is 17.4 Å². The van der Waals surface area contributed by atoms with Crippen molar-refractivity contribution in [2.75, 3.05) is 41.5 Å². The molecule has 0 bridgehead atoms. The van der Waals surface area contributed by atoms with Crippen molar-refractivity contribution in [1.82, 2.24) is 4.90 Å². The van der Waals surface area contributed by atoms with Crippen LogP contribution in [0.15, 0.2) is 12.1 Å². The van der Waals surface area contributed by atoms with E-state index in [0.717, 1.165) is 44.3 Å². The number of methoxy groups -OCH3 is 4. The number of hydrogen-bond donors (Lipinski definition) is 0. The molecule has 1 aliphatic carbocycles. The lowest BCUT2D eigenvalue weighted by Crippen LogP contribution is -2.50. The number of carbonyl (C=O) groups is 1. The van der Waals surface area contributed by atoms with Gasteiger partial charge in [-0.15, -0.1) is 0 Å². The second-order valence-corrected chi connectivity index (χ2v) is 7.61. The number of amides is 1. The maximum atomic E-state index is 13.0. The number of carbonyl (C=O) groups excluding carboxylic acids is 1. The van der Waals surface area contributed by atoms with E-state index in [9.17, 15) is 4.79 Å². The van der Waals surface area contributed by atoms with Crippen LogP contribution in [-0.4, -0.2) is 58.4 Å². The fraction of sp³-hybridized carbons (Fsp3) is 0.667. The van der Waals surface area contributed by atoms with Crippen LogP contribution in [0.5, 0.6) is 17.2 Å². The van der Waals surface area contributed by atoms with Gasteiger partial charge in [-0.05, 0) is 43.4 Å². The molecule has 1 amide bonds. The van der Waals surface area contributed by atoms with Gasteiger partial charge in [-0.1, -0.05) is 6.42 Å². The van der Waals surface area contributed by atoms with Crippen molar-refractivity contribution in [3.05, 3.63) is 17.7 Å². The highest BCUT2D eigenvalue weighted by molar-refractivity contribution is 5.79. The molecule has 0 aromatic heterocycles. The van der Waals surface area contributed by atoms with Crippen molar-refractivity contribution >= 4 is 5.91 Å². The van der Waals surface area contributed by atoms with E-state index in [1.165, 1.54) is 6.42 Å². The number of piperidine rings is 1. The fourth-order valence-electron chi connectivity index (χ4n) is 4.84. The lowest BCUT2D eigenvalue weighted by molar-refractivity contribution is -0.136. The van der Waals surface area contributed by atoms with Gasteiger partial charge in [0.05, 0.1) is 33.9 Å². The Balaban J connectivity index is 1.75. The van der Waals surface area contributed by atoms with Gasteiger partial charge in [0.2, 0.25) is 11.7 Å². The predicted molar refractivity (Wildman–Crippen MR) is 103 cm³/mol. The number of nitrogens with zero attached hydrogens (tertiary/aromatic N) is 1. The van der Waals surface area contributed by atoms with Gasteiger partial charge in [-0.25, -0.2) is 0 Å². The first-order valence-corrected chi connectivity index (χ1v) is 9.66. The molecule has 6 nitrogen and oxygen atoms in total. The molecule has 0 radical (unpaired) electrons. The molecular weight excluding hydrogens is 346 g/mol. The Morgan fingerprint density at radius 3 is 2.33 bits per heavy atom. The summed E-state index contributed by atoms with van der Waals surface area (Å²) < 4.78 is 21.9. The average Bonchev–Trinajstić information content (AvgIpc) is 3.08. The predicted octanol–water partition coefficient (Wildman–Crippen LogP) is 3.06. The highest BCUT2D eigenvalue weighted by Crippen LogP contribution is 2.46. The molecule has 150 valence electrons. The smallest absolute Gasteiger partial charge is 0.227 e. The first-order valence-electron chi connectivity index (χ1n) is 9.66. The third-order valence-electron chi connectivity index (χ3n) is 6.15. The van der Waals surface area contributed by atoms with E-state index in [1.54, 1.807) is 28.4 Å². The zero-order valence-electron chi connectivity index (χ0n) is 16.9. The van der Waals surface area contributed by atoms with Gasteiger partial charge in [-0.3, -0.25) is 4.79 Å². The minimum Gasteiger partial charge on any atom is -0.493 e. The molecule has 6 heteroatoms. The Morgan fingerprint density at radius 1 is 1.07 bits per heavy atom. The molecule has 27 heavy (non-hydrogen) atoms. The van der Waals surface area contributed by atoms with Crippen LogP contribution in [0, 0.1) is 5.41 Å². The van der Waals surface area contributed by atoms with Crippen molar-refractivity contribution in [2.24, 2.45) is 5.41 Å². The largest absolute Gasteiger partial charge is 0.493 e. The topological polar surface area (TPSA) is 57.2 Å². The van der Waals surface area contributed by atoms with Crippen LogP contribution >= 0.6 is 0 Å². The molecule has 3 rings (SSSR count). The fourth-order valence-corrected chi connectivity index (χ4v) is 4.84. The van der Waals surface area contributed by atoms with Gasteiger partial charge >= 0.3 is 0 Å². The van der Waals surface area contributed by atoms with Crippen LogP contribution in [0.2, 0.25) is 0 Å². The summed E-state index contributed by atoms with van der Waals surface area (Å²) in [5, 5.41) is 0.